The van der Waals surface area contributed by atoms with Gasteiger partial charge in [0.05, 0.1) is 6.10 Å². The van der Waals surface area contributed by atoms with Crippen LogP contribution in [-0.2, 0) is 10.0 Å². The van der Waals surface area contributed by atoms with Crippen LogP contribution in [0.1, 0.15) is 20.3 Å². The van der Waals surface area contributed by atoms with Crippen molar-refractivity contribution in [2.45, 2.75) is 37.3 Å². The number of anilines is 1. The molecule has 0 radical (unpaired) electrons. The third kappa shape index (κ3) is 4.12. The van der Waals surface area contributed by atoms with Crippen LogP contribution >= 0.6 is 0 Å². The zero-order chi connectivity index (χ0) is 14.8. The molecule has 1 aromatic rings. The number of rotatable bonds is 5. The largest absolute Gasteiger partial charge is 0.399 e. The molecule has 0 aromatic heterocycles. The number of nitrogen functional groups attached to an aromatic ring is 1. The number of benzene rings is 1. The first-order valence-corrected chi connectivity index (χ1v) is 7.06. The predicted octanol–water partition coefficient (Wildman–Crippen LogP) is 0.985. The third-order valence-electron chi connectivity index (χ3n) is 2.34. The van der Waals surface area contributed by atoms with Crippen LogP contribution in [0, 0.1) is 11.6 Å². The van der Waals surface area contributed by atoms with Crippen LogP contribution in [0.2, 0.25) is 0 Å². The van der Waals surface area contributed by atoms with Gasteiger partial charge in [-0.1, -0.05) is 0 Å². The average Bonchev–Trinajstić information content (AvgIpc) is 2.10. The molecule has 0 spiro atoms. The fourth-order valence-electron chi connectivity index (χ4n) is 1.72. The molecular formula is C11H16F2N2O3S. The Kier molecular flexibility index (Phi) is 4.83. The van der Waals surface area contributed by atoms with Crippen molar-refractivity contribution in [1.82, 2.24) is 4.72 Å². The number of nitrogens with one attached hydrogen (secondary N) is 1. The Morgan fingerprint density at radius 2 is 1.79 bits per heavy atom. The molecule has 0 heterocycles. The van der Waals surface area contributed by atoms with Crippen LogP contribution in [-0.4, -0.2) is 25.7 Å². The number of sulfonamides is 1. The second-order valence-corrected chi connectivity index (χ2v) is 6.07. The van der Waals surface area contributed by atoms with Gasteiger partial charge in [0.15, 0.2) is 4.90 Å². The number of aliphatic hydroxyl groups is 1. The third-order valence-corrected chi connectivity index (χ3v) is 3.98. The van der Waals surface area contributed by atoms with E-state index < -0.39 is 38.7 Å². The van der Waals surface area contributed by atoms with Crippen LogP contribution in [0.5, 0.6) is 0 Å². The minimum atomic E-state index is -4.35. The van der Waals surface area contributed by atoms with Gasteiger partial charge >= 0.3 is 0 Å². The topological polar surface area (TPSA) is 92.4 Å². The molecule has 0 aliphatic heterocycles. The lowest BCUT2D eigenvalue weighted by Crippen LogP contribution is -2.35. The fraction of sp³-hybridized carbons (Fsp3) is 0.455. The van der Waals surface area contributed by atoms with Crippen molar-refractivity contribution in [1.29, 1.82) is 0 Å². The van der Waals surface area contributed by atoms with Crippen LogP contribution in [0.3, 0.4) is 0 Å². The molecule has 4 N–H and O–H groups in total. The Morgan fingerprint density at radius 3 is 2.21 bits per heavy atom. The molecule has 8 heteroatoms. The molecule has 0 saturated heterocycles. The Balaban J connectivity index is 3.08. The predicted molar refractivity (Wildman–Crippen MR) is 66.9 cm³/mol. The average molecular weight is 294 g/mol. The van der Waals surface area contributed by atoms with Crippen molar-refractivity contribution in [2.75, 3.05) is 5.73 Å². The van der Waals surface area contributed by atoms with E-state index in [9.17, 15) is 17.2 Å². The van der Waals surface area contributed by atoms with Crippen LogP contribution in [0.15, 0.2) is 17.0 Å². The van der Waals surface area contributed by atoms with Gasteiger partial charge in [-0.2, -0.15) is 0 Å². The summed E-state index contributed by atoms with van der Waals surface area (Å²) in [6.07, 6.45) is -0.615. The standard InChI is InChI=1S/C11H16F2N2O3S/c1-6(3-7(2)16)15-19(17,18)11-9(12)4-8(14)5-10(11)13/h4-7,15-16H,3,14H2,1-2H3. The number of hydrogen-bond acceptors (Lipinski definition) is 4. The molecule has 0 aliphatic rings. The van der Waals surface area contributed by atoms with Crippen molar-refractivity contribution in [3.63, 3.8) is 0 Å². The maximum atomic E-state index is 13.5. The van der Waals surface area contributed by atoms with Gasteiger partial charge in [-0.05, 0) is 32.4 Å². The molecule has 2 atom stereocenters. The van der Waals surface area contributed by atoms with E-state index in [4.69, 9.17) is 10.8 Å². The highest BCUT2D eigenvalue weighted by Crippen LogP contribution is 2.22. The van der Waals surface area contributed by atoms with Crippen molar-refractivity contribution < 1.29 is 22.3 Å². The molecule has 0 aliphatic carbocycles. The summed E-state index contributed by atoms with van der Waals surface area (Å²) in [5, 5.41) is 9.14. The zero-order valence-electron chi connectivity index (χ0n) is 10.5. The van der Waals surface area contributed by atoms with E-state index in [0.717, 1.165) is 12.1 Å². The van der Waals surface area contributed by atoms with Gasteiger partial charge in [-0.3, -0.25) is 0 Å². The Bertz CT molecular complexity index is 538. The van der Waals surface area contributed by atoms with E-state index in [0.29, 0.717) is 0 Å². The van der Waals surface area contributed by atoms with Crippen LogP contribution < -0.4 is 10.5 Å². The molecule has 2 unspecified atom stereocenters. The van der Waals surface area contributed by atoms with Gasteiger partial charge in [-0.15, -0.1) is 0 Å². The summed E-state index contributed by atoms with van der Waals surface area (Å²) < 4.78 is 52.9. The van der Waals surface area contributed by atoms with Gasteiger partial charge in [0.25, 0.3) is 0 Å². The highest BCUT2D eigenvalue weighted by molar-refractivity contribution is 7.89. The number of nitrogens with two attached hydrogens (primary N) is 1. The maximum Gasteiger partial charge on any atom is 0.246 e. The van der Waals surface area contributed by atoms with Crippen molar-refractivity contribution >= 4 is 15.7 Å². The minimum absolute atomic E-state index is 0.122. The van der Waals surface area contributed by atoms with Gasteiger partial charge < -0.3 is 10.8 Å². The van der Waals surface area contributed by atoms with Gasteiger partial charge in [0.2, 0.25) is 10.0 Å². The Morgan fingerprint density at radius 1 is 1.32 bits per heavy atom. The molecule has 0 fully saturated rings. The Hall–Kier alpha value is -1.25. The van der Waals surface area contributed by atoms with Crippen molar-refractivity contribution in [3.05, 3.63) is 23.8 Å². The molecule has 5 nitrogen and oxygen atoms in total. The lowest BCUT2D eigenvalue weighted by atomic mass is 10.2. The zero-order valence-corrected chi connectivity index (χ0v) is 11.3. The monoisotopic (exact) mass is 294 g/mol. The molecule has 0 saturated carbocycles. The van der Waals surface area contributed by atoms with E-state index in [-0.39, 0.29) is 12.1 Å². The summed E-state index contributed by atoms with van der Waals surface area (Å²) >= 11 is 0. The summed E-state index contributed by atoms with van der Waals surface area (Å²) in [6.45, 7) is 2.96. The van der Waals surface area contributed by atoms with Crippen molar-refractivity contribution in [2.24, 2.45) is 0 Å². The summed E-state index contributed by atoms with van der Waals surface area (Å²) in [6, 6.07) is 0.801. The molecular weight excluding hydrogens is 278 g/mol. The molecule has 0 amide bonds. The normalized spacial score (nSPS) is 15.2. The lowest BCUT2D eigenvalue weighted by molar-refractivity contribution is 0.175. The van der Waals surface area contributed by atoms with Gasteiger partial charge in [0, 0.05) is 11.7 Å². The first kappa shape index (κ1) is 15.8. The van der Waals surface area contributed by atoms with E-state index >= 15 is 0 Å². The maximum absolute atomic E-state index is 13.5. The molecule has 1 aromatic carbocycles. The Labute approximate surface area is 110 Å². The minimum Gasteiger partial charge on any atom is -0.399 e. The quantitative estimate of drug-likeness (QED) is 0.706. The van der Waals surface area contributed by atoms with Crippen LogP contribution in [0.25, 0.3) is 0 Å². The number of halogens is 2. The smallest absolute Gasteiger partial charge is 0.246 e. The second-order valence-electron chi connectivity index (χ2n) is 4.42. The summed E-state index contributed by atoms with van der Waals surface area (Å²) in [7, 11) is -4.35. The summed E-state index contributed by atoms with van der Waals surface area (Å²) in [5.41, 5.74) is 5.01. The first-order chi connectivity index (χ1) is 8.63. The molecule has 0 bridgehead atoms. The summed E-state index contributed by atoms with van der Waals surface area (Å²) in [4.78, 5) is -1.07. The van der Waals surface area contributed by atoms with E-state index in [1.165, 1.54) is 13.8 Å². The highest BCUT2D eigenvalue weighted by atomic mass is 32.2. The fourth-order valence-corrected chi connectivity index (χ4v) is 3.09. The van der Waals surface area contributed by atoms with Crippen molar-refractivity contribution in [3.8, 4) is 0 Å². The lowest BCUT2D eigenvalue weighted by Gasteiger charge is -2.16. The second kappa shape index (κ2) is 5.81. The first-order valence-electron chi connectivity index (χ1n) is 5.58. The van der Waals surface area contributed by atoms with E-state index in [1.807, 2.05) is 0 Å². The highest BCUT2D eigenvalue weighted by Gasteiger charge is 2.26. The van der Waals surface area contributed by atoms with E-state index in [1.54, 1.807) is 0 Å². The van der Waals surface area contributed by atoms with Crippen LogP contribution in [0.4, 0.5) is 14.5 Å². The molecule has 108 valence electrons. The summed E-state index contributed by atoms with van der Waals surface area (Å²) in [5.74, 6) is -2.51. The van der Waals surface area contributed by atoms with E-state index in [2.05, 4.69) is 4.72 Å². The SMILES string of the molecule is CC(O)CC(C)NS(=O)(=O)c1c(F)cc(N)cc1F. The molecule has 19 heavy (non-hydrogen) atoms. The van der Waals surface area contributed by atoms with Gasteiger partial charge in [0.1, 0.15) is 11.6 Å². The van der Waals surface area contributed by atoms with Gasteiger partial charge in [-0.25, -0.2) is 21.9 Å². The number of hydrogen-bond donors (Lipinski definition) is 3. The molecule has 1 rings (SSSR count). The number of aliphatic hydroxyl groups excluding tert-OH is 1.